The van der Waals surface area contributed by atoms with Crippen molar-refractivity contribution in [3.63, 3.8) is 0 Å². The average Bonchev–Trinajstić information content (AvgIpc) is 2.76. The van der Waals surface area contributed by atoms with Gasteiger partial charge in [-0.05, 0) is 24.7 Å². The molecule has 1 aliphatic carbocycles. The van der Waals surface area contributed by atoms with Crippen LogP contribution in [0.3, 0.4) is 0 Å². The molecular weight excluding hydrogens is 214 g/mol. The normalized spacial score (nSPS) is 21.0. The summed E-state index contributed by atoms with van der Waals surface area (Å²) in [6.07, 6.45) is 6.87. The van der Waals surface area contributed by atoms with Crippen LogP contribution in [0.1, 0.15) is 52.4 Å². The average molecular weight is 243 g/mol. The number of aliphatic hydroxyl groups is 2. The van der Waals surface area contributed by atoms with Gasteiger partial charge in [-0.2, -0.15) is 0 Å². The number of rotatable bonds is 8. The molecule has 1 saturated carbocycles. The number of hydrogen-bond donors (Lipinski definition) is 3. The fraction of sp³-hybridized carbons (Fsp3) is 1.00. The minimum absolute atomic E-state index is 0.133. The van der Waals surface area contributed by atoms with Crippen molar-refractivity contribution in [2.75, 3.05) is 13.2 Å². The molecule has 102 valence electrons. The highest BCUT2D eigenvalue weighted by molar-refractivity contribution is 4.74. The van der Waals surface area contributed by atoms with E-state index in [-0.39, 0.29) is 18.8 Å². The SMILES string of the molecule is CC(C)CC(CO)NCC(O)CC1CCCC1. The van der Waals surface area contributed by atoms with Crippen LogP contribution in [0.4, 0.5) is 0 Å². The molecule has 1 aliphatic rings. The molecule has 0 radical (unpaired) electrons. The molecule has 0 amide bonds. The smallest absolute Gasteiger partial charge is 0.0667 e. The van der Waals surface area contributed by atoms with Crippen molar-refractivity contribution in [2.24, 2.45) is 11.8 Å². The van der Waals surface area contributed by atoms with Gasteiger partial charge in [0, 0.05) is 12.6 Å². The molecule has 3 N–H and O–H groups in total. The fourth-order valence-corrected chi connectivity index (χ4v) is 2.81. The van der Waals surface area contributed by atoms with Crippen LogP contribution in [0.25, 0.3) is 0 Å². The van der Waals surface area contributed by atoms with E-state index in [2.05, 4.69) is 19.2 Å². The summed E-state index contributed by atoms with van der Waals surface area (Å²) in [7, 11) is 0. The van der Waals surface area contributed by atoms with Gasteiger partial charge in [0.05, 0.1) is 12.7 Å². The molecule has 0 spiro atoms. The molecule has 3 nitrogen and oxygen atoms in total. The van der Waals surface area contributed by atoms with Crippen LogP contribution >= 0.6 is 0 Å². The third-order valence-corrected chi connectivity index (χ3v) is 3.70. The molecule has 17 heavy (non-hydrogen) atoms. The summed E-state index contributed by atoms with van der Waals surface area (Å²) >= 11 is 0. The largest absolute Gasteiger partial charge is 0.395 e. The van der Waals surface area contributed by atoms with Crippen molar-refractivity contribution in [2.45, 2.75) is 64.5 Å². The lowest BCUT2D eigenvalue weighted by molar-refractivity contribution is 0.127. The Hall–Kier alpha value is -0.120. The first-order chi connectivity index (χ1) is 8.11. The van der Waals surface area contributed by atoms with Gasteiger partial charge < -0.3 is 15.5 Å². The monoisotopic (exact) mass is 243 g/mol. The van der Waals surface area contributed by atoms with Gasteiger partial charge in [-0.15, -0.1) is 0 Å². The van der Waals surface area contributed by atoms with E-state index in [1.165, 1.54) is 25.7 Å². The summed E-state index contributed by atoms with van der Waals surface area (Å²) in [6.45, 7) is 5.08. The molecule has 1 fully saturated rings. The van der Waals surface area contributed by atoms with Gasteiger partial charge in [0.25, 0.3) is 0 Å². The zero-order valence-corrected chi connectivity index (χ0v) is 11.4. The molecule has 2 atom stereocenters. The molecule has 0 aromatic rings. The molecule has 3 heteroatoms. The van der Waals surface area contributed by atoms with Crippen molar-refractivity contribution in [3.05, 3.63) is 0 Å². The maximum atomic E-state index is 9.94. The molecule has 2 unspecified atom stereocenters. The second-order valence-corrected chi connectivity index (χ2v) is 5.96. The first-order valence-electron chi connectivity index (χ1n) is 7.14. The highest BCUT2D eigenvalue weighted by Crippen LogP contribution is 2.28. The zero-order chi connectivity index (χ0) is 12.7. The van der Waals surface area contributed by atoms with Gasteiger partial charge >= 0.3 is 0 Å². The standard InChI is InChI=1S/C14H29NO2/c1-11(2)7-13(10-16)15-9-14(17)8-12-5-3-4-6-12/h11-17H,3-10H2,1-2H3. The van der Waals surface area contributed by atoms with Crippen LogP contribution in [0.2, 0.25) is 0 Å². The topological polar surface area (TPSA) is 52.5 Å². The lowest BCUT2D eigenvalue weighted by Crippen LogP contribution is -2.39. The first-order valence-corrected chi connectivity index (χ1v) is 7.14. The predicted molar refractivity (Wildman–Crippen MR) is 70.9 cm³/mol. The summed E-state index contributed by atoms with van der Waals surface area (Å²) in [5.41, 5.74) is 0. The van der Waals surface area contributed by atoms with Crippen LogP contribution in [0, 0.1) is 11.8 Å². The molecule has 0 bridgehead atoms. The lowest BCUT2D eigenvalue weighted by Gasteiger charge is -2.21. The van der Waals surface area contributed by atoms with E-state index in [1.807, 2.05) is 0 Å². The van der Waals surface area contributed by atoms with Gasteiger partial charge in [-0.3, -0.25) is 0 Å². The van der Waals surface area contributed by atoms with E-state index in [9.17, 15) is 10.2 Å². The maximum absolute atomic E-state index is 9.94. The Labute approximate surface area is 106 Å². The Morgan fingerprint density at radius 2 is 1.88 bits per heavy atom. The zero-order valence-electron chi connectivity index (χ0n) is 11.4. The Bertz CT molecular complexity index is 191. The Morgan fingerprint density at radius 3 is 2.41 bits per heavy atom. The van der Waals surface area contributed by atoms with E-state index < -0.39 is 0 Å². The Kier molecular flexibility index (Phi) is 7.09. The minimum Gasteiger partial charge on any atom is -0.395 e. The van der Waals surface area contributed by atoms with Gasteiger partial charge in [0.1, 0.15) is 0 Å². The quantitative estimate of drug-likeness (QED) is 0.610. The highest BCUT2D eigenvalue weighted by Gasteiger charge is 2.19. The van der Waals surface area contributed by atoms with E-state index >= 15 is 0 Å². The van der Waals surface area contributed by atoms with Crippen molar-refractivity contribution in [1.29, 1.82) is 0 Å². The Morgan fingerprint density at radius 1 is 1.24 bits per heavy atom. The third kappa shape index (κ3) is 6.39. The molecule has 0 saturated heterocycles. The molecular formula is C14H29NO2. The van der Waals surface area contributed by atoms with E-state index in [0.717, 1.165) is 18.8 Å². The van der Waals surface area contributed by atoms with Crippen molar-refractivity contribution < 1.29 is 10.2 Å². The van der Waals surface area contributed by atoms with Crippen LogP contribution in [-0.4, -0.2) is 35.5 Å². The van der Waals surface area contributed by atoms with E-state index in [1.54, 1.807) is 0 Å². The summed E-state index contributed by atoms with van der Waals surface area (Å²) in [5, 5.41) is 22.4. The Balaban J connectivity index is 2.14. The van der Waals surface area contributed by atoms with E-state index in [0.29, 0.717) is 12.5 Å². The van der Waals surface area contributed by atoms with Crippen LogP contribution in [0.5, 0.6) is 0 Å². The molecule has 1 rings (SSSR count). The molecule has 0 heterocycles. The summed E-state index contributed by atoms with van der Waals surface area (Å²) in [6, 6.07) is 0.133. The van der Waals surface area contributed by atoms with Crippen molar-refractivity contribution in [3.8, 4) is 0 Å². The highest BCUT2D eigenvalue weighted by atomic mass is 16.3. The van der Waals surface area contributed by atoms with Gasteiger partial charge in [-0.25, -0.2) is 0 Å². The van der Waals surface area contributed by atoms with Crippen LogP contribution in [0.15, 0.2) is 0 Å². The van der Waals surface area contributed by atoms with Crippen LogP contribution < -0.4 is 5.32 Å². The molecule has 0 aromatic carbocycles. The van der Waals surface area contributed by atoms with Crippen molar-refractivity contribution >= 4 is 0 Å². The summed E-state index contributed by atoms with van der Waals surface area (Å²) in [4.78, 5) is 0. The third-order valence-electron chi connectivity index (χ3n) is 3.70. The van der Waals surface area contributed by atoms with Gasteiger partial charge in [0.15, 0.2) is 0 Å². The minimum atomic E-state index is -0.251. The predicted octanol–water partition coefficient (Wildman–Crippen LogP) is 1.92. The maximum Gasteiger partial charge on any atom is 0.0667 e. The fourth-order valence-electron chi connectivity index (χ4n) is 2.81. The molecule has 0 aromatic heterocycles. The number of aliphatic hydroxyl groups excluding tert-OH is 2. The number of hydrogen-bond acceptors (Lipinski definition) is 3. The first kappa shape index (κ1) is 14.9. The van der Waals surface area contributed by atoms with E-state index in [4.69, 9.17) is 0 Å². The van der Waals surface area contributed by atoms with Gasteiger partial charge in [-0.1, -0.05) is 39.5 Å². The van der Waals surface area contributed by atoms with Crippen molar-refractivity contribution in [1.82, 2.24) is 5.32 Å². The molecule has 0 aliphatic heterocycles. The van der Waals surface area contributed by atoms with Crippen LogP contribution in [-0.2, 0) is 0 Å². The lowest BCUT2D eigenvalue weighted by atomic mass is 9.99. The second-order valence-electron chi connectivity index (χ2n) is 5.96. The summed E-state index contributed by atoms with van der Waals surface area (Å²) in [5.74, 6) is 1.30. The second kappa shape index (κ2) is 8.06. The number of nitrogens with one attached hydrogen (secondary N) is 1. The van der Waals surface area contributed by atoms with Gasteiger partial charge in [0.2, 0.25) is 0 Å². The summed E-state index contributed by atoms with van der Waals surface area (Å²) < 4.78 is 0.